The van der Waals surface area contributed by atoms with Crippen LogP contribution in [-0.4, -0.2) is 29.8 Å². The minimum Gasteiger partial charge on any atom is -0.339 e. The fourth-order valence-electron chi connectivity index (χ4n) is 2.86. The van der Waals surface area contributed by atoms with Crippen molar-refractivity contribution in [3.8, 4) is 0 Å². The molecular formula is C19H22N2O2S. The number of hydrogen-bond acceptors (Lipinski definition) is 3. The summed E-state index contributed by atoms with van der Waals surface area (Å²) in [6.07, 6.45) is 4.31. The van der Waals surface area contributed by atoms with Crippen molar-refractivity contribution >= 4 is 28.8 Å². The van der Waals surface area contributed by atoms with Crippen LogP contribution >= 0.6 is 11.3 Å². The molecule has 1 aliphatic rings. The molecule has 1 aromatic carbocycles. The van der Waals surface area contributed by atoms with Gasteiger partial charge in [-0.1, -0.05) is 6.92 Å². The van der Waals surface area contributed by atoms with Gasteiger partial charge in [0.15, 0.2) is 0 Å². The lowest BCUT2D eigenvalue weighted by molar-refractivity contribution is 0.0724. The van der Waals surface area contributed by atoms with Crippen LogP contribution in [0.25, 0.3) is 0 Å². The minimum atomic E-state index is -0.110. The van der Waals surface area contributed by atoms with Crippen LogP contribution in [0.15, 0.2) is 35.7 Å². The predicted octanol–water partition coefficient (Wildman–Crippen LogP) is 4.19. The second kappa shape index (κ2) is 7.62. The topological polar surface area (TPSA) is 49.4 Å². The molecule has 1 aromatic heterocycles. The zero-order valence-electron chi connectivity index (χ0n) is 13.9. The van der Waals surface area contributed by atoms with Crippen LogP contribution in [0.5, 0.6) is 0 Å². The Morgan fingerprint density at radius 2 is 1.79 bits per heavy atom. The highest BCUT2D eigenvalue weighted by Gasteiger charge is 2.18. The summed E-state index contributed by atoms with van der Waals surface area (Å²) in [6, 6.07) is 9.09. The first-order valence-electron chi connectivity index (χ1n) is 8.45. The van der Waals surface area contributed by atoms with Crippen LogP contribution in [0.1, 0.15) is 51.8 Å². The maximum absolute atomic E-state index is 12.4. The summed E-state index contributed by atoms with van der Waals surface area (Å²) < 4.78 is 0. The molecule has 0 spiro atoms. The number of benzene rings is 1. The molecule has 0 saturated carbocycles. The fraction of sp³-hybridized carbons (Fsp3) is 0.368. The zero-order chi connectivity index (χ0) is 16.9. The van der Waals surface area contributed by atoms with Gasteiger partial charge in [0.25, 0.3) is 11.8 Å². The maximum atomic E-state index is 12.4. The number of amides is 2. The maximum Gasteiger partial charge on any atom is 0.256 e. The second-order valence-corrected chi connectivity index (χ2v) is 7.04. The van der Waals surface area contributed by atoms with Gasteiger partial charge in [0.1, 0.15) is 0 Å². The molecular weight excluding hydrogens is 320 g/mol. The van der Waals surface area contributed by atoms with Crippen molar-refractivity contribution in [1.29, 1.82) is 0 Å². The highest BCUT2D eigenvalue weighted by atomic mass is 32.1. The van der Waals surface area contributed by atoms with E-state index in [4.69, 9.17) is 0 Å². The van der Waals surface area contributed by atoms with Gasteiger partial charge in [-0.2, -0.15) is 0 Å². The minimum absolute atomic E-state index is 0.0815. The van der Waals surface area contributed by atoms with E-state index >= 15 is 0 Å². The summed E-state index contributed by atoms with van der Waals surface area (Å²) in [4.78, 5) is 27.8. The summed E-state index contributed by atoms with van der Waals surface area (Å²) in [5.41, 5.74) is 2.07. The molecule has 1 aliphatic heterocycles. The van der Waals surface area contributed by atoms with Crippen molar-refractivity contribution in [3.63, 3.8) is 0 Å². The Hall–Kier alpha value is -2.14. The molecule has 3 rings (SSSR count). The molecule has 1 N–H and O–H groups in total. The monoisotopic (exact) mass is 342 g/mol. The molecule has 1 saturated heterocycles. The number of likely N-dealkylation sites (tertiary alicyclic amines) is 1. The van der Waals surface area contributed by atoms with Crippen molar-refractivity contribution in [2.75, 3.05) is 18.4 Å². The molecule has 24 heavy (non-hydrogen) atoms. The number of nitrogens with one attached hydrogen (secondary N) is 1. The second-order valence-electron chi connectivity index (χ2n) is 6.04. The van der Waals surface area contributed by atoms with Crippen LogP contribution in [0.2, 0.25) is 0 Å². The van der Waals surface area contributed by atoms with Gasteiger partial charge in [-0.15, -0.1) is 11.3 Å². The molecule has 4 nitrogen and oxygen atoms in total. The molecule has 0 aliphatic carbocycles. The third-order valence-corrected chi connectivity index (χ3v) is 5.38. The summed E-state index contributed by atoms with van der Waals surface area (Å²) in [5.74, 6) is -0.0287. The number of anilines is 1. The van der Waals surface area contributed by atoms with Crippen molar-refractivity contribution in [1.82, 2.24) is 4.90 Å². The van der Waals surface area contributed by atoms with Gasteiger partial charge >= 0.3 is 0 Å². The van der Waals surface area contributed by atoms with Crippen LogP contribution in [0.4, 0.5) is 5.69 Å². The third-order valence-electron chi connectivity index (χ3n) is 4.30. The first-order chi connectivity index (χ1) is 11.7. The molecule has 0 atom stereocenters. The lowest BCUT2D eigenvalue weighted by Crippen LogP contribution is -2.35. The van der Waals surface area contributed by atoms with Crippen LogP contribution in [0, 0.1) is 0 Å². The van der Waals surface area contributed by atoms with E-state index in [0.717, 1.165) is 32.4 Å². The average molecular weight is 342 g/mol. The first kappa shape index (κ1) is 16.7. The molecule has 2 aromatic rings. The first-order valence-corrected chi connectivity index (χ1v) is 9.33. The number of thiophene rings is 1. The van der Waals surface area contributed by atoms with Crippen LogP contribution in [0.3, 0.4) is 0 Å². The summed E-state index contributed by atoms with van der Waals surface area (Å²) in [7, 11) is 0. The van der Waals surface area contributed by atoms with E-state index in [1.165, 1.54) is 11.3 Å². The molecule has 2 amide bonds. The van der Waals surface area contributed by atoms with E-state index in [0.29, 0.717) is 16.8 Å². The van der Waals surface area contributed by atoms with Gasteiger partial charge in [-0.3, -0.25) is 9.59 Å². The normalized spacial score (nSPS) is 14.5. The Bertz CT molecular complexity index is 715. The number of aryl methyl sites for hydroxylation is 1. The number of piperidine rings is 1. The Kier molecular flexibility index (Phi) is 5.30. The lowest BCUT2D eigenvalue weighted by Gasteiger charge is -2.26. The highest BCUT2D eigenvalue weighted by molar-refractivity contribution is 7.10. The van der Waals surface area contributed by atoms with Gasteiger partial charge in [-0.05, 0) is 56.0 Å². The zero-order valence-corrected chi connectivity index (χ0v) is 14.7. The quantitative estimate of drug-likeness (QED) is 0.906. The van der Waals surface area contributed by atoms with Gasteiger partial charge in [0.2, 0.25) is 0 Å². The number of carbonyl (C=O) groups excluding carboxylic acids is 2. The van der Waals surface area contributed by atoms with Crippen molar-refractivity contribution in [2.24, 2.45) is 0 Å². The Labute approximate surface area is 146 Å². The van der Waals surface area contributed by atoms with E-state index in [2.05, 4.69) is 12.2 Å². The average Bonchev–Trinajstić information content (AvgIpc) is 3.12. The van der Waals surface area contributed by atoms with E-state index in [1.54, 1.807) is 35.6 Å². The number of nitrogens with zero attached hydrogens (tertiary/aromatic N) is 1. The Balaban J connectivity index is 1.63. The molecule has 126 valence electrons. The smallest absolute Gasteiger partial charge is 0.256 e. The molecule has 0 bridgehead atoms. The molecule has 1 fully saturated rings. The summed E-state index contributed by atoms with van der Waals surface area (Å²) >= 11 is 1.60. The number of carbonyl (C=O) groups is 2. The van der Waals surface area contributed by atoms with Gasteiger partial charge < -0.3 is 10.2 Å². The third kappa shape index (κ3) is 3.85. The van der Waals surface area contributed by atoms with Crippen LogP contribution in [-0.2, 0) is 6.42 Å². The molecule has 0 radical (unpaired) electrons. The van der Waals surface area contributed by atoms with Crippen molar-refractivity contribution in [3.05, 3.63) is 51.7 Å². The summed E-state index contributed by atoms with van der Waals surface area (Å²) in [5, 5.41) is 4.76. The Morgan fingerprint density at radius 1 is 1.08 bits per heavy atom. The molecule has 0 unspecified atom stereocenters. The highest BCUT2D eigenvalue weighted by Crippen LogP contribution is 2.18. The predicted molar refractivity (Wildman–Crippen MR) is 97.8 cm³/mol. The van der Waals surface area contributed by atoms with E-state index < -0.39 is 0 Å². The van der Waals surface area contributed by atoms with Gasteiger partial charge in [-0.25, -0.2) is 0 Å². The SMILES string of the molecule is CCc1cc(C(=O)Nc2ccc(C(=O)N3CCCCC3)cc2)cs1. The largest absolute Gasteiger partial charge is 0.339 e. The van der Waals surface area contributed by atoms with E-state index in [9.17, 15) is 9.59 Å². The van der Waals surface area contributed by atoms with Gasteiger partial charge in [0, 0.05) is 34.6 Å². The van der Waals surface area contributed by atoms with Gasteiger partial charge in [0.05, 0.1) is 5.56 Å². The number of hydrogen-bond donors (Lipinski definition) is 1. The van der Waals surface area contributed by atoms with Crippen molar-refractivity contribution in [2.45, 2.75) is 32.6 Å². The summed E-state index contributed by atoms with van der Waals surface area (Å²) in [6.45, 7) is 3.76. The lowest BCUT2D eigenvalue weighted by atomic mass is 10.1. The standard InChI is InChI=1S/C19H22N2O2S/c1-2-17-12-15(13-24-17)18(22)20-16-8-6-14(7-9-16)19(23)21-10-4-3-5-11-21/h6-9,12-13H,2-5,10-11H2,1H3,(H,20,22). The van der Waals surface area contributed by atoms with E-state index in [-0.39, 0.29) is 11.8 Å². The number of rotatable bonds is 4. The fourth-order valence-corrected chi connectivity index (χ4v) is 3.68. The van der Waals surface area contributed by atoms with Crippen molar-refractivity contribution < 1.29 is 9.59 Å². The molecule has 2 heterocycles. The Morgan fingerprint density at radius 3 is 2.42 bits per heavy atom. The van der Waals surface area contributed by atoms with Crippen LogP contribution < -0.4 is 5.32 Å². The molecule has 5 heteroatoms. The van der Waals surface area contributed by atoms with E-state index in [1.807, 2.05) is 16.3 Å².